The lowest BCUT2D eigenvalue weighted by Gasteiger charge is -2.06. The van der Waals surface area contributed by atoms with E-state index >= 15 is 0 Å². The highest BCUT2D eigenvalue weighted by Gasteiger charge is 2.34. The van der Waals surface area contributed by atoms with E-state index in [0.717, 1.165) is 12.3 Å². The molecule has 2 heterocycles. The second-order valence-corrected chi connectivity index (χ2v) is 4.81. The minimum atomic E-state index is -4.51. The van der Waals surface area contributed by atoms with Crippen LogP contribution >= 0.6 is 15.9 Å². The maximum absolute atomic E-state index is 12.9. The fourth-order valence-corrected chi connectivity index (χ4v) is 2.23. The number of hydrogen-bond acceptors (Lipinski definition) is 3. The number of hydrogen-bond donors (Lipinski definition) is 0. The number of nitrogens with zero attached hydrogens (tertiary/aromatic N) is 4. The summed E-state index contributed by atoms with van der Waals surface area (Å²) >= 11 is 3.32. The number of benzene rings is 1. The van der Waals surface area contributed by atoms with Crippen molar-refractivity contribution < 1.29 is 13.2 Å². The van der Waals surface area contributed by atoms with Crippen molar-refractivity contribution in [2.45, 2.75) is 6.18 Å². The van der Waals surface area contributed by atoms with E-state index in [9.17, 15) is 13.2 Å². The molecule has 0 N–H and O–H groups in total. The first-order chi connectivity index (χ1) is 9.47. The van der Waals surface area contributed by atoms with Gasteiger partial charge in [-0.3, -0.25) is 0 Å². The largest absolute Gasteiger partial charge is 0.433 e. The number of fused-ring (bicyclic) bond motifs is 1. The standard InChI is InChI=1S/C12H6BrF3N4/c13-8-4-2-1-3-7(8)10-18-11-17-6-5-9(12(14,15)16)20(11)19-10/h1-6H. The molecule has 0 unspecified atom stereocenters. The molecular weight excluding hydrogens is 337 g/mol. The summed E-state index contributed by atoms with van der Waals surface area (Å²) in [5.41, 5.74) is -0.306. The molecule has 0 radical (unpaired) electrons. The van der Waals surface area contributed by atoms with Gasteiger partial charge in [0.15, 0.2) is 11.5 Å². The Balaban J connectivity index is 2.24. The molecule has 8 heteroatoms. The SMILES string of the molecule is FC(F)(F)c1ccnc2nc(-c3ccccc3Br)nn12. The summed E-state index contributed by atoms with van der Waals surface area (Å²) in [7, 11) is 0. The second-order valence-electron chi connectivity index (χ2n) is 3.95. The van der Waals surface area contributed by atoms with Gasteiger partial charge in [0, 0.05) is 16.2 Å². The first kappa shape index (κ1) is 13.0. The Morgan fingerprint density at radius 1 is 1.10 bits per heavy atom. The first-order valence-electron chi connectivity index (χ1n) is 5.51. The lowest BCUT2D eigenvalue weighted by Crippen LogP contribution is -2.12. The molecule has 0 aliphatic carbocycles. The molecule has 4 nitrogen and oxygen atoms in total. The van der Waals surface area contributed by atoms with E-state index < -0.39 is 11.9 Å². The molecule has 0 amide bonds. The molecule has 20 heavy (non-hydrogen) atoms. The highest BCUT2D eigenvalue weighted by molar-refractivity contribution is 9.10. The van der Waals surface area contributed by atoms with Crippen LogP contribution in [0.2, 0.25) is 0 Å². The van der Waals surface area contributed by atoms with Crippen LogP contribution in [0.15, 0.2) is 41.0 Å². The van der Waals surface area contributed by atoms with E-state index in [0.29, 0.717) is 14.6 Å². The predicted octanol–water partition coefficient (Wildman–Crippen LogP) is 3.57. The summed E-state index contributed by atoms with van der Waals surface area (Å²) < 4.78 is 40.1. The van der Waals surface area contributed by atoms with Gasteiger partial charge in [0.2, 0.25) is 0 Å². The fourth-order valence-electron chi connectivity index (χ4n) is 1.77. The van der Waals surface area contributed by atoms with E-state index in [4.69, 9.17) is 0 Å². The molecule has 0 spiro atoms. The highest BCUT2D eigenvalue weighted by Crippen LogP contribution is 2.30. The van der Waals surface area contributed by atoms with E-state index in [-0.39, 0.29) is 11.6 Å². The monoisotopic (exact) mass is 342 g/mol. The van der Waals surface area contributed by atoms with Gasteiger partial charge in [-0.2, -0.15) is 22.7 Å². The smallest absolute Gasteiger partial charge is 0.220 e. The van der Waals surface area contributed by atoms with E-state index in [1.54, 1.807) is 24.3 Å². The minimum absolute atomic E-state index is 0.0921. The molecule has 1 aromatic carbocycles. The summed E-state index contributed by atoms with van der Waals surface area (Å²) in [4.78, 5) is 7.83. The third-order valence-corrected chi connectivity index (χ3v) is 3.34. The van der Waals surface area contributed by atoms with Crippen molar-refractivity contribution in [3.63, 3.8) is 0 Å². The number of halogens is 4. The summed E-state index contributed by atoms with van der Waals surface area (Å²) in [6, 6.07) is 7.89. The molecule has 3 rings (SSSR count). The Morgan fingerprint density at radius 2 is 1.85 bits per heavy atom. The Bertz CT molecular complexity index is 782. The molecule has 0 saturated carbocycles. The Labute approximate surface area is 119 Å². The molecule has 0 fully saturated rings. The van der Waals surface area contributed by atoms with Gasteiger partial charge in [0.1, 0.15) is 0 Å². The topological polar surface area (TPSA) is 43.1 Å². The van der Waals surface area contributed by atoms with Crippen molar-refractivity contribution in [3.8, 4) is 11.4 Å². The zero-order chi connectivity index (χ0) is 14.3. The van der Waals surface area contributed by atoms with Gasteiger partial charge >= 0.3 is 6.18 Å². The number of alkyl halides is 3. The van der Waals surface area contributed by atoms with Crippen LogP contribution in [0, 0.1) is 0 Å². The molecule has 0 atom stereocenters. The van der Waals surface area contributed by atoms with Gasteiger partial charge in [-0.05, 0) is 18.2 Å². The zero-order valence-corrected chi connectivity index (χ0v) is 11.4. The normalized spacial score (nSPS) is 12.0. The van der Waals surface area contributed by atoms with Crippen molar-refractivity contribution in [1.29, 1.82) is 0 Å². The zero-order valence-electron chi connectivity index (χ0n) is 9.76. The summed E-state index contributed by atoms with van der Waals surface area (Å²) in [6.45, 7) is 0. The summed E-state index contributed by atoms with van der Waals surface area (Å²) in [5.74, 6) is 0.0900. The number of aromatic nitrogens is 4. The minimum Gasteiger partial charge on any atom is -0.220 e. The quantitative estimate of drug-likeness (QED) is 0.678. The molecule has 0 aliphatic rings. The molecule has 0 saturated heterocycles. The van der Waals surface area contributed by atoms with Crippen molar-refractivity contribution >= 4 is 21.7 Å². The number of rotatable bonds is 1. The van der Waals surface area contributed by atoms with Gasteiger partial charge in [0.25, 0.3) is 5.78 Å². The van der Waals surface area contributed by atoms with Crippen molar-refractivity contribution in [3.05, 3.63) is 46.7 Å². The van der Waals surface area contributed by atoms with E-state index in [1.807, 2.05) is 0 Å². The molecular formula is C12H6BrF3N4. The predicted molar refractivity (Wildman–Crippen MR) is 68.9 cm³/mol. The van der Waals surface area contributed by atoms with Crippen LogP contribution in [0.25, 0.3) is 17.2 Å². The molecule has 0 bridgehead atoms. The lowest BCUT2D eigenvalue weighted by molar-refractivity contribution is -0.142. The van der Waals surface area contributed by atoms with Gasteiger partial charge in [-0.25, -0.2) is 4.98 Å². The van der Waals surface area contributed by atoms with Crippen LogP contribution in [0.4, 0.5) is 13.2 Å². The van der Waals surface area contributed by atoms with Gasteiger partial charge in [0.05, 0.1) is 0 Å². The first-order valence-corrected chi connectivity index (χ1v) is 6.30. The second kappa shape index (κ2) is 4.55. The van der Waals surface area contributed by atoms with Gasteiger partial charge in [-0.15, -0.1) is 5.10 Å². The van der Waals surface area contributed by atoms with Crippen molar-refractivity contribution in [2.75, 3.05) is 0 Å². The summed E-state index contributed by atoms with van der Waals surface area (Å²) in [5, 5.41) is 3.90. The fraction of sp³-hybridized carbons (Fsp3) is 0.0833. The maximum atomic E-state index is 12.9. The van der Waals surface area contributed by atoms with Crippen LogP contribution in [-0.4, -0.2) is 19.6 Å². The molecule has 2 aromatic heterocycles. The van der Waals surface area contributed by atoms with Crippen molar-refractivity contribution in [2.24, 2.45) is 0 Å². The third-order valence-electron chi connectivity index (χ3n) is 2.65. The summed E-state index contributed by atoms with van der Waals surface area (Å²) in [6.07, 6.45) is -3.45. The Kier molecular flexibility index (Phi) is 2.97. The van der Waals surface area contributed by atoms with Crippen LogP contribution in [0.5, 0.6) is 0 Å². The molecule has 3 aromatic rings. The Hall–Kier alpha value is -1.96. The third kappa shape index (κ3) is 2.15. The van der Waals surface area contributed by atoms with Crippen LogP contribution in [-0.2, 0) is 6.18 Å². The molecule has 102 valence electrons. The van der Waals surface area contributed by atoms with Crippen molar-refractivity contribution in [1.82, 2.24) is 19.6 Å². The Morgan fingerprint density at radius 3 is 2.55 bits per heavy atom. The van der Waals surface area contributed by atoms with Crippen LogP contribution in [0.3, 0.4) is 0 Å². The van der Waals surface area contributed by atoms with Crippen LogP contribution in [0.1, 0.15) is 5.69 Å². The van der Waals surface area contributed by atoms with E-state index in [1.165, 1.54) is 0 Å². The highest BCUT2D eigenvalue weighted by atomic mass is 79.9. The van der Waals surface area contributed by atoms with Gasteiger partial charge in [-0.1, -0.05) is 28.1 Å². The van der Waals surface area contributed by atoms with E-state index in [2.05, 4.69) is 31.0 Å². The molecule has 0 aliphatic heterocycles. The lowest BCUT2D eigenvalue weighted by atomic mass is 10.2. The van der Waals surface area contributed by atoms with Gasteiger partial charge < -0.3 is 0 Å². The average molecular weight is 343 g/mol. The maximum Gasteiger partial charge on any atom is 0.433 e. The average Bonchev–Trinajstić information content (AvgIpc) is 2.81. The van der Waals surface area contributed by atoms with Crippen LogP contribution < -0.4 is 0 Å².